The highest BCUT2D eigenvalue weighted by Crippen LogP contribution is 2.29. The zero-order chi connectivity index (χ0) is 16.4. The third kappa shape index (κ3) is 3.32. The maximum atomic E-state index is 12.1. The zero-order valence-electron chi connectivity index (χ0n) is 13.2. The van der Waals surface area contributed by atoms with Crippen molar-refractivity contribution in [3.63, 3.8) is 0 Å². The van der Waals surface area contributed by atoms with Crippen LogP contribution in [0.3, 0.4) is 0 Å². The summed E-state index contributed by atoms with van der Waals surface area (Å²) in [5.74, 6) is 0.871. The highest BCUT2D eigenvalue weighted by Gasteiger charge is 2.15. The van der Waals surface area contributed by atoms with Gasteiger partial charge in [0.2, 0.25) is 5.82 Å². The van der Waals surface area contributed by atoms with Gasteiger partial charge in [0.05, 0.1) is 4.88 Å². The second kappa shape index (κ2) is 6.34. The molecule has 1 aromatic carbocycles. The minimum atomic E-state index is -0.111. The quantitative estimate of drug-likeness (QED) is 0.789. The normalized spacial score (nSPS) is 11.0. The molecule has 0 aliphatic carbocycles. The number of aromatic nitrogens is 2. The van der Waals surface area contributed by atoms with E-state index in [1.54, 1.807) is 23.5 Å². The Morgan fingerprint density at radius 2 is 2.13 bits per heavy atom. The summed E-state index contributed by atoms with van der Waals surface area (Å²) in [5.41, 5.74) is 2.44. The number of carbonyl (C=O) groups excluding carboxylic acids is 1. The van der Waals surface area contributed by atoms with E-state index in [9.17, 15) is 4.79 Å². The molecule has 0 aliphatic heterocycles. The summed E-state index contributed by atoms with van der Waals surface area (Å²) in [6.45, 7) is 5.86. The molecule has 0 saturated heterocycles. The first-order chi connectivity index (χ1) is 11.0. The van der Waals surface area contributed by atoms with E-state index in [0.717, 1.165) is 16.0 Å². The molecule has 0 spiro atoms. The van der Waals surface area contributed by atoms with Crippen molar-refractivity contribution < 1.29 is 9.32 Å². The standard InChI is InChI=1S/C17H17N3O2S/c1-10(2)18-16(21)13-6-4-5-12(9-13)15-19-17(22-20-15)14-11(3)7-8-23-14/h4-10H,1-3H3,(H,18,21). The average Bonchev–Trinajstić information content (AvgIpc) is 3.15. The third-order valence-electron chi connectivity index (χ3n) is 3.29. The Kier molecular flexibility index (Phi) is 4.25. The first kappa shape index (κ1) is 15.4. The van der Waals surface area contributed by atoms with E-state index in [1.165, 1.54) is 0 Å². The lowest BCUT2D eigenvalue weighted by Crippen LogP contribution is -2.30. The van der Waals surface area contributed by atoms with Crippen molar-refractivity contribution in [3.05, 3.63) is 46.8 Å². The lowest BCUT2D eigenvalue weighted by Gasteiger charge is -2.08. The molecule has 1 amide bonds. The zero-order valence-corrected chi connectivity index (χ0v) is 14.0. The summed E-state index contributed by atoms with van der Waals surface area (Å²) in [5, 5.41) is 8.90. The third-order valence-corrected chi connectivity index (χ3v) is 4.29. The Labute approximate surface area is 138 Å². The molecule has 5 nitrogen and oxygen atoms in total. The minimum absolute atomic E-state index is 0.0877. The predicted octanol–water partition coefficient (Wildman–Crippen LogP) is 3.91. The fourth-order valence-electron chi connectivity index (χ4n) is 2.17. The number of nitrogens with zero attached hydrogens (tertiary/aromatic N) is 2. The molecule has 0 bridgehead atoms. The highest BCUT2D eigenvalue weighted by molar-refractivity contribution is 7.13. The van der Waals surface area contributed by atoms with Gasteiger partial charge in [0, 0.05) is 17.2 Å². The van der Waals surface area contributed by atoms with E-state index in [-0.39, 0.29) is 11.9 Å². The molecule has 1 N–H and O–H groups in total. The van der Waals surface area contributed by atoms with Gasteiger partial charge in [-0.15, -0.1) is 11.3 Å². The van der Waals surface area contributed by atoms with Gasteiger partial charge in [-0.2, -0.15) is 4.98 Å². The molecule has 0 saturated carbocycles. The van der Waals surface area contributed by atoms with Crippen molar-refractivity contribution in [2.45, 2.75) is 26.8 Å². The van der Waals surface area contributed by atoms with Crippen molar-refractivity contribution >= 4 is 17.2 Å². The summed E-state index contributed by atoms with van der Waals surface area (Å²) in [6, 6.07) is 9.32. The summed E-state index contributed by atoms with van der Waals surface area (Å²) < 4.78 is 5.36. The molecule has 0 atom stereocenters. The van der Waals surface area contributed by atoms with Crippen LogP contribution in [0.2, 0.25) is 0 Å². The summed E-state index contributed by atoms with van der Waals surface area (Å²) in [6.07, 6.45) is 0. The van der Waals surface area contributed by atoms with Crippen molar-refractivity contribution in [2.75, 3.05) is 0 Å². The fraction of sp³-hybridized carbons (Fsp3) is 0.235. The summed E-state index contributed by atoms with van der Waals surface area (Å²) in [7, 11) is 0. The van der Waals surface area contributed by atoms with Gasteiger partial charge in [0.25, 0.3) is 11.8 Å². The first-order valence-electron chi connectivity index (χ1n) is 7.34. The van der Waals surface area contributed by atoms with Crippen LogP contribution in [0.4, 0.5) is 0 Å². The molecular weight excluding hydrogens is 310 g/mol. The van der Waals surface area contributed by atoms with Gasteiger partial charge in [-0.05, 0) is 49.9 Å². The Morgan fingerprint density at radius 3 is 2.83 bits per heavy atom. The number of rotatable bonds is 4. The second-order valence-corrected chi connectivity index (χ2v) is 6.48. The Bertz CT molecular complexity index is 836. The number of carbonyl (C=O) groups is 1. The Morgan fingerprint density at radius 1 is 1.30 bits per heavy atom. The van der Waals surface area contributed by atoms with E-state index >= 15 is 0 Å². The number of amides is 1. The molecule has 6 heteroatoms. The van der Waals surface area contributed by atoms with Crippen LogP contribution >= 0.6 is 11.3 Å². The fourth-order valence-corrected chi connectivity index (χ4v) is 3.02. The van der Waals surface area contributed by atoms with Crippen molar-refractivity contribution in [2.24, 2.45) is 0 Å². The topological polar surface area (TPSA) is 68.0 Å². The van der Waals surface area contributed by atoms with Crippen molar-refractivity contribution in [3.8, 4) is 22.2 Å². The average molecular weight is 327 g/mol. The van der Waals surface area contributed by atoms with Crippen LogP contribution < -0.4 is 5.32 Å². The van der Waals surface area contributed by atoms with Crippen LogP contribution in [-0.4, -0.2) is 22.1 Å². The molecule has 2 heterocycles. The lowest BCUT2D eigenvalue weighted by molar-refractivity contribution is 0.0943. The number of nitrogens with one attached hydrogen (secondary N) is 1. The molecule has 0 aliphatic rings. The lowest BCUT2D eigenvalue weighted by atomic mass is 10.1. The van der Waals surface area contributed by atoms with E-state index < -0.39 is 0 Å². The molecule has 3 aromatic rings. The van der Waals surface area contributed by atoms with E-state index in [4.69, 9.17) is 4.52 Å². The largest absolute Gasteiger partial charge is 0.350 e. The minimum Gasteiger partial charge on any atom is -0.350 e. The Balaban J connectivity index is 1.90. The summed E-state index contributed by atoms with van der Waals surface area (Å²) >= 11 is 1.57. The van der Waals surface area contributed by atoms with E-state index in [2.05, 4.69) is 15.5 Å². The van der Waals surface area contributed by atoms with Crippen LogP contribution in [0, 0.1) is 6.92 Å². The van der Waals surface area contributed by atoms with Gasteiger partial charge in [-0.3, -0.25) is 4.79 Å². The number of benzene rings is 1. The number of aryl methyl sites for hydroxylation is 1. The van der Waals surface area contributed by atoms with Crippen molar-refractivity contribution in [1.82, 2.24) is 15.5 Å². The van der Waals surface area contributed by atoms with Crippen LogP contribution in [0.25, 0.3) is 22.2 Å². The van der Waals surface area contributed by atoms with Crippen LogP contribution in [0.15, 0.2) is 40.2 Å². The summed E-state index contributed by atoms with van der Waals surface area (Å²) in [4.78, 5) is 17.5. The molecule has 118 valence electrons. The van der Waals surface area contributed by atoms with Crippen LogP contribution in [0.1, 0.15) is 29.8 Å². The van der Waals surface area contributed by atoms with Gasteiger partial charge in [-0.1, -0.05) is 17.3 Å². The van der Waals surface area contributed by atoms with Crippen LogP contribution in [0.5, 0.6) is 0 Å². The SMILES string of the molecule is Cc1ccsc1-c1nc(-c2cccc(C(=O)NC(C)C)c2)no1. The van der Waals surface area contributed by atoms with Crippen LogP contribution in [-0.2, 0) is 0 Å². The molecule has 0 fully saturated rings. The van der Waals surface area contributed by atoms with E-state index in [0.29, 0.717) is 17.3 Å². The van der Waals surface area contributed by atoms with Gasteiger partial charge in [0.1, 0.15) is 0 Å². The van der Waals surface area contributed by atoms with Gasteiger partial charge in [-0.25, -0.2) is 0 Å². The maximum absolute atomic E-state index is 12.1. The van der Waals surface area contributed by atoms with E-state index in [1.807, 2.05) is 44.4 Å². The second-order valence-electron chi connectivity index (χ2n) is 5.56. The molecule has 23 heavy (non-hydrogen) atoms. The monoisotopic (exact) mass is 327 g/mol. The predicted molar refractivity (Wildman–Crippen MR) is 90.4 cm³/mol. The van der Waals surface area contributed by atoms with Gasteiger partial charge in [0.15, 0.2) is 0 Å². The smallest absolute Gasteiger partial charge is 0.268 e. The number of hydrogen-bond acceptors (Lipinski definition) is 5. The molecule has 0 radical (unpaired) electrons. The number of hydrogen-bond donors (Lipinski definition) is 1. The highest BCUT2D eigenvalue weighted by atomic mass is 32.1. The maximum Gasteiger partial charge on any atom is 0.268 e. The Hall–Kier alpha value is -2.47. The van der Waals surface area contributed by atoms with Gasteiger partial charge < -0.3 is 9.84 Å². The van der Waals surface area contributed by atoms with Crippen molar-refractivity contribution in [1.29, 1.82) is 0 Å². The van der Waals surface area contributed by atoms with Gasteiger partial charge >= 0.3 is 0 Å². The first-order valence-corrected chi connectivity index (χ1v) is 8.22. The molecule has 3 rings (SSSR count). The molecule has 0 unspecified atom stereocenters. The molecule has 2 aromatic heterocycles. The molecular formula is C17H17N3O2S. The number of thiophene rings is 1.